The molecule has 0 aliphatic carbocycles. The van der Waals surface area contributed by atoms with Gasteiger partial charge in [0.05, 0.1) is 0 Å². The Hall–Kier alpha value is -1.23. The van der Waals surface area contributed by atoms with Crippen molar-refractivity contribution in [1.82, 2.24) is 5.43 Å². The summed E-state index contributed by atoms with van der Waals surface area (Å²) in [5, 5.41) is 0. The molecule has 0 fully saturated rings. The molecule has 2 nitrogen and oxygen atoms in total. The lowest BCUT2D eigenvalue weighted by Crippen LogP contribution is -2.29. The van der Waals surface area contributed by atoms with Gasteiger partial charge in [0.2, 0.25) is 0 Å². The maximum atomic E-state index is 13.3. The third-order valence-electron chi connectivity index (χ3n) is 3.11. The fourth-order valence-corrected chi connectivity index (χ4v) is 2.50. The normalized spacial score (nSPS) is 12.4. The molecule has 0 bridgehead atoms. The fraction of sp³-hybridized carbons (Fsp3) is 0.200. The molecule has 0 aliphatic heterocycles. The van der Waals surface area contributed by atoms with Crippen LogP contribution < -0.4 is 11.3 Å². The molecule has 0 aromatic heterocycles. The zero-order valence-corrected chi connectivity index (χ0v) is 12.2. The number of nitrogens with two attached hydrogens (primary N) is 1. The third-order valence-corrected chi connectivity index (χ3v) is 3.61. The molecule has 0 aliphatic rings. The monoisotopic (exact) mass is 322 g/mol. The molecule has 2 aromatic rings. The van der Waals surface area contributed by atoms with Crippen molar-refractivity contribution in [2.45, 2.75) is 19.4 Å². The molecule has 0 saturated heterocycles. The van der Waals surface area contributed by atoms with E-state index < -0.39 is 0 Å². The summed E-state index contributed by atoms with van der Waals surface area (Å²) in [5.74, 6) is 5.43. The summed E-state index contributed by atoms with van der Waals surface area (Å²) < 4.78 is 14.3. The van der Waals surface area contributed by atoms with E-state index in [0.29, 0.717) is 5.56 Å². The van der Waals surface area contributed by atoms with Crippen LogP contribution >= 0.6 is 15.9 Å². The summed E-state index contributed by atoms with van der Waals surface area (Å²) in [5.41, 5.74) is 5.58. The molecule has 0 amide bonds. The molecule has 2 rings (SSSR count). The average Bonchev–Trinajstić information content (AvgIpc) is 2.39. The van der Waals surface area contributed by atoms with Crippen LogP contribution in [-0.2, 0) is 6.42 Å². The van der Waals surface area contributed by atoms with Gasteiger partial charge < -0.3 is 0 Å². The van der Waals surface area contributed by atoms with Gasteiger partial charge in [-0.25, -0.2) is 4.39 Å². The van der Waals surface area contributed by atoms with Crippen molar-refractivity contribution < 1.29 is 4.39 Å². The first kappa shape index (κ1) is 14.2. The summed E-state index contributed by atoms with van der Waals surface area (Å²) in [6, 6.07) is 13.1. The van der Waals surface area contributed by atoms with E-state index in [1.165, 1.54) is 11.6 Å². The standard InChI is InChI=1S/C15H16BrFN2/c1-10-7-12(5-6-14(10)17)15(19-18)9-11-3-2-4-13(16)8-11/h2-8,15,19H,9,18H2,1H3. The molecule has 4 heteroatoms. The van der Waals surface area contributed by atoms with E-state index in [1.807, 2.05) is 24.3 Å². The lowest BCUT2D eigenvalue weighted by Gasteiger charge is -2.17. The Balaban J connectivity index is 2.22. The van der Waals surface area contributed by atoms with Crippen LogP contribution in [0.25, 0.3) is 0 Å². The number of hydrazine groups is 1. The Kier molecular flexibility index (Phi) is 4.69. The van der Waals surface area contributed by atoms with Gasteiger partial charge >= 0.3 is 0 Å². The molecule has 1 unspecified atom stereocenters. The second-order valence-electron chi connectivity index (χ2n) is 4.56. The Bertz CT molecular complexity index is 572. The minimum atomic E-state index is -0.193. The molecular formula is C15H16BrFN2. The van der Waals surface area contributed by atoms with Gasteiger partial charge in [-0.15, -0.1) is 0 Å². The Morgan fingerprint density at radius 1 is 1.26 bits per heavy atom. The number of hydrogen-bond donors (Lipinski definition) is 2. The van der Waals surface area contributed by atoms with Crippen molar-refractivity contribution in [2.24, 2.45) is 5.84 Å². The van der Waals surface area contributed by atoms with Crippen LogP contribution in [0.3, 0.4) is 0 Å². The highest BCUT2D eigenvalue weighted by Crippen LogP contribution is 2.21. The number of halogens is 2. The van der Waals surface area contributed by atoms with E-state index in [0.717, 1.165) is 16.5 Å². The third kappa shape index (κ3) is 3.62. The zero-order chi connectivity index (χ0) is 13.8. The van der Waals surface area contributed by atoms with Crippen LogP contribution in [0.5, 0.6) is 0 Å². The highest BCUT2D eigenvalue weighted by Gasteiger charge is 2.12. The van der Waals surface area contributed by atoms with E-state index in [9.17, 15) is 4.39 Å². The first-order valence-corrected chi connectivity index (χ1v) is 6.86. The van der Waals surface area contributed by atoms with E-state index in [-0.39, 0.29) is 11.9 Å². The van der Waals surface area contributed by atoms with Crippen LogP contribution in [0.2, 0.25) is 0 Å². The number of rotatable bonds is 4. The van der Waals surface area contributed by atoms with Gasteiger partial charge in [0.15, 0.2) is 0 Å². The van der Waals surface area contributed by atoms with Gasteiger partial charge in [-0.3, -0.25) is 11.3 Å². The summed E-state index contributed by atoms with van der Waals surface area (Å²) in [4.78, 5) is 0. The fourth-order valence-electron chi connectivity index (χ4n) is 2.06. The predicted octanol–water partition coefficient (Wildman–Crippen LogP) is 3.64. The summed E-state index contributed by atoms with van der Waals surface area (Å²) in [6.07, 6.45) is 0.751. The van der Waals surface area contributed by atoms with E-state index >= 15 is 0 Å². The van der Waals surface area contributed by atoms with Gasteiger partial charge in [-0.1, -0.05) is 40.2 Å². The van der Waals surface area contributed by atoms with Crippen molar-refractivity contribution in [3.63, 3.8) is 0 Å². The van der Waals surface area contributed by atoms with Gasteiger partial charge in [0.25, 0.3) is 0 Å². The van der Waals surface area contributed by atoms with Crippen molar-refractivity contribution in [2.75, 3.05) is 0 Å². The van der Waals surface area contributed by atoms with E-state index in [4.69, 9.17) is 5.84 Å². The minimum absolute atomic E-state index is 0.0337. The molecule has 19 heavy (non-hydrogen) atoms. The van der Waals surface area contributed by atoms with E-state index in [1.54, 1.807) is 13.0 Å². The summed E-state index contributed by atoms with van der Waals surface area (Å²) in [6.45, 7) is 1.76. The van der Waals surface area contributed by atoms with Crippen molar-refractivity contribution in [3.8, 4) is 0 Å². The molecule has 2 aromatic carbocycles. The van der Waals surface area contributed by atoms with Crippen molar-refractivity contribution >= 4 is 15.9 Å². The Morgan fingerprint density at radius 3 is 2.68 bits per heavy atom. The van der Waals surface area contributed by atoms with Gasteiger partial charge in [0, 0.05) is 10.5 Å². The Morgan fingerprint density at radius 2 is 2.05 bits per heavy atom. The molecule has 0 radical (unpaired) electrons. The average molecular weight is 323 g/mol. The maximum Gasteiger partial charge on any atom is 0.126 e. The summed E-state index contributed by atoms with van der Waals surface area (Å²) in [7, 11) is 0. The number of aryl methyl sites for hydroxylation is 1. The largest absolute Gasteiger partial charge is 0.271 e. The topological polar surface area (TPSA) is 38.0 Å². The number of hydrogen-bond acceptors (Lipinski definition) is 2. The van der Waals surface area contributed by atoms with Gasteiger partial charge in [-0.2, -0.15) is 0 Å². The molecule has 100 valence electrons. The van der Waals surface area contributed by atoms with Crippen LogP contribution in [0.15, 0.2) is 46.9 Å². The highest BCUT2D eigenvalue weighted by atomic mass is 79.9. The van der Waals surface area contributed by atoms with Crippen LogP contribution in [0, 0.1) is 12.7 Å². The van der Waals surface area contributed by atoms with Gasteiger partial charge in [-0.05, 0) is 48.2 Å². The minimum Gasteiger partial charge on any atom is -0.271 e. The SMILES string of the molecule is Cc1cc(C(Cc2cccc(Br)c2)NN)ccc1F. The molecular weight excluding hydrogens is 307 g/mol. The quantitative estimate of drug-likeness (QED) is 0.666. The Labute approximate surface area is 120 Å². The molecule has 3 N–H and O–H groups in total. The van der Waals surface area contributed by atoms with Crippen molar-refractivity contribution in [1.29, 1.82) is 0 Å². The van der Waals surface area contributed by atoms with Crippen LogP contribution in [0.1, 0.15) is 22.7 Å². The van der Waals surface area contributed by atoms with Crippen LogP contribution in [0.4, 0.5) is 4.39 Å². The lowest BCUT2D eigenvalue weighted by molar-refractivity contribution is 0.548. The second-order valence-corrected chi connectivity index (χ2v) is 5.48. The summed E-state index contributed by atoms with van der Waals surface area (Å²) >= 11 is 3.45. The molecule has 0 spiro atoms. The zero-order valence-electron chi connectivity index (χ0n) is 10.7. The highest BCUT2D eigenvalue weighted by molar-refractivity contribution is 9.10. The number of benzene rings is 2. The first-order valence-electron chi connectivity index (χ1n) is 6.07. The van der Waals surface area contributed by atoms with Gasteiger partial charge in [0.1, 0.15) is 5.82 Å². The first-order chi connectivity index (χ1) is 9.10. The predicted molar refractivity (Wildman–Crippen MR) is 79.0 cm³/mol. The smallest absolute Gasteiger partial charge is 0.126 e. The molecule has 0 heterocycles. The second kappa shape index (κ2) is 6.28. The van der Waals surface area contributed by atoms with Crippen LogP contribution in [-0.4, -0.2) is 0 Å². The maximum absolute atomic E-state index is 13.3. The lowest BCUT2D eigenvalue weighted by atomic mass is 9.98. The molecule has 1 atom stereocenters. The molecule has 0 saturated carbocycles. The van der Waals surface area contributed by atoms with Crippen molar-refractivity contribution in [3.05, 3.63) is 69.4 Å². The van der Waals surface area contributed by atoms with E-state index in [2.05, 4.69) is 27.4 Å². The number of nitrogens with one attached hydrogen (secondary N) is 1.